The molecule has 3 rings (SSSR count). The number of likely N-dealkylation sites (tertiary alicyclic amines) is 1. The molecular formula is C20H18BrNO4. The van der Waals surface area contributed by atoms with Crippen LogP contribution in [0.3, 0.4) is 0 Å². The normalized spacial score (nSPS) is 19.2. The van der Waals surface area contributed by atoms with E-state index < -0.39 is 17.7 Å². The third kappa shape index (κ3) is 3.43. The number of ketones is 1. The Balaban J connectivity index is 2.16. The molecule has 134 valence electrons. The van der Waals surface area contributed by atoms with E-state index in [0.29, 0.717) is 12.2 Å². The number of benzene rings is 2. The minimum atomic E-state index is -0.688. The summed E-state index contributed by atoms with van der Waals surface area (Å²) < 4.78 is 5.91. The molecule has 0 unspecified atom stereocenters. The van der Waals surface area contributed by atoms with E-state index in [4.69, 9.17) is 4.74 Å². The highest BCUT2D eigenvalue weighted by Crippen LogP contribution is 2.39. The van der Waals surface area contributed by atoms with E-state index in [0.717, 1.165) is 10.0 Å². The van der Waals surface area contributed by atoms with Gasteiger partial charge in [0.2, 0.25) is 0 Å². The van der Waals surface area contributed by atoms with Gasteiger partial charge in [-0.05, 0) is 17.7 Å². The zero-order valence-corrected chi connectivity index (χ0v) is 15.8. The Morgan fingerprint density at radius 1 is 1.15 bits per heavy atom. The molecule has 1 atom stereocenters. The number of carbonyl (C=O) groups is 2. The van der Waals surface area contributed by atoms with E-state index in [1.807, 2.05) is 30.3 Å². The fourth-order valence-electron chi connectivity index (χ4n) is 3.08. The highest BCUT2D eigenvalue weighted by molar-refractivity contribution is 9.10. The topological polar surface area (TPSA) is 66.8 Å². The van der Waals surface area contributed by atoms with Gasteiger partial charge in [-0.3, -0.25) is 9.59 Å². The summed E-state index contributed by atoms with van der Waals surface area (Å²) in [7, 11) is 1.54. The lowest BCUT2D eigenvalue weighted by Gasteiger charge is -2.25. The summed E-state index contributed by atoms with van der Waals surface area (Å²) in [6, 6.07) is 15.5. The van der Waals surface area contributed by atoms with Crippen LogP contribution < -0.4 is 0 Å². The number of nitrogens with zero attached hydrogens (tertiary/aromatic N) is 1. The van der Waals surface area contributed by atoms with Gasteiger partial charge in [-0.25, -0.2) is 0 Å². The number of hydrogen-bond acceptors (Lipinski definition) is 4. The Hall–Kier alpha value is -2.44. The van der Waals surface area contributed by atoms with E-state index in [-0.39, 0.29) is 17.9 Å². The summed E-state index contributed by atoms with van der Waals surface area (Å²) in [6.07, 6.45) is 0. The van der Waals surface area contributed by atoms with Gasteiger partial charge < -0.3 is 14.7 Å². The van der Waals surface area contributed by atoms with Crippen molar-refractivity contribution in [1.29, 1.82) is 0 Å². The number of ether oxygens (including phenoxy) is 1. The first-order chi connectivity index (χ1) is 12.5. The number of hydrogen-bond donors (Lipinski definition) is 1. The molecule has 2 aromatic carbocycles. The van der Waals surface area contributed by atoms with Crippen LogP contribution in [0.1, 0.15) is 17.2 Å². The third-order valence-electron chi connectivity index (χ3n) is 4.29. The van der Waals surface area contributed by atoms with Crippen LogP contribution in [0.5, 0.6) is 0 Å². The molecular weight excluding hydrogens is 398 g/mol. The number of carbonyl (C=O) groups excluding carboxylic acids is 2. The second kappa shape index (κ2) is 7.85. The largest absolute Gasteiger partial charge is 0.507 e. The number of methoxy groups -OCH3 is 1. The predicted molar refractivity (Wildman–Crippen MR) is 101 cm³/mol. The second-order valence-corrected chi connectivity index (χ2v) is 6.82. The molecule has 5 nitrogen and oxygen atoms in total. The van der Waals surface area contributed by atoms with Crippen molar-refractivity contribution in [2.45, 2.75) is 6.04 Å². The maximum absolute atomic E-state index is 12.7. The van der Waals surface area contributed by atoms with E-state index in [1.165, 1.54) is 12.0 Å². The first-order valence-electron chi connectivity index (χ1n) is 8.13. The van der Waals surface area contributed by atoms with Gasteiger partial charge in [-0.1, -0.05) is 58.4 Å². The minimum Gasteiger partial charge on any atom is -0.507 e. The summed E-state index contributed by atoms with van der Waals surface area (Å²) in [4.78, 5) is 26.7. The minimum absolute atomic E-state index is 0.0930. The Morgan fingerprint density at radius 2 is 1.88 bits per heavy atom. The fraction of sp³-hybridized carbons (Fsp3) is 0.200. The van der Waals surface area contributed by atoms with Crippen molar-refractivity contribution in [3.8, 4) is 0 Å². The number of Topliss-reactive ketones (excluding diaryl/α,β-unsaturated/α-hetero) is 1. The first-order valence-corrected chi connectivity index (χ1v) is 8.92. The summed E-state index contributed by atoms with van der Waals surface area (Å²) in [5.41, 5.74) is 1.33. The smallest absolute Gasteiger partial charge is 0.295 e. The average molecular weight is 416 g/mol. The summed E-state index contributed by atoms with van der Waals surface area (Å²) in [5.74, 6) is -1.49. The van der Waals surface area contributed by atoms with Crippen molar-refractivity contribution in [3.63, 3.8) is 0 Å². The number of aliphatic hydroxyl groups excluding tert-OH is 1. The molecule has 1 aliphatic rings. The summed E-state index contributed by atoms with van der Waals surface area (Å²) >= 11 is 3.42. The van der Waals surface area contributed by atoms with E-state index in [9.17, 15) is 14.7 Å². The quantitative estimate of drug-likeness (QED) is 0.460. The van der Waals surface area contributed by atoms with E-state index in [2.05, 4.69) is 15.9 Å². The van der Waals surface area contributed by atoms with Crippen LogP contribution in [0.4, 0.5) is 0 Å². The lowest BCUT2D eigenvalue weighted by molar-refractivity contribution is -0.140. The Kier molecular flexibility index (Phi) is 5.54. The lowest BCUT2D eigenvalue weighted by Crippen LogP contribution is -2.32. The van der Waals surface area contributed by atoms with Crippen LogP contribution in [0.2, 0.25) is 0 Å². The van der Waals surface area contributed by atoms with Gasteiger partial charge in [0, 0.05) is 23.7 Å². The van der Waals surface area contributed by atoms with Crippen LogP contribution in [0.25, 0.3) is 5.76 Å². The highest BCUT2D eigenvalue weighted by Gasteiger charge is 2.45. The van der Waals surface area contributed by atoms with Gasteiger partial charge >= 0.3 is 0 Å². The molecule has 1 heterocycles. The molecule has 6 heteroatoms. The van der Waals surface area contributed by atoms with Gasteiger partial charge in [-0.2, -0.15) is 0 Å². The van der Waals surface area contributed by atoms with Crippen molar-refractivity contribution in [1.82, 2.24) is 4.90 Å². The molecule has 0 spiro atoms. The summed E-state index contributed by atoms with van der Waals surface area (Å²) in [5, 5.41) is 10.8. The molecule has 1 saturated heterocycles. The van der Waals surface area contributed by atoms with Crippen LogP contribution in [-0.2, 0) is 14.3 Å². The monoisotopic (exact) mass is 415 g/mol. The van der Waals surface area contributed by atoms with Crippen LogP contribution in [0, 0.1) is 0 Å². The molecule has 26 heavy (non-hydrogen) atoms. The molecule has 2 aromatic rings. The molecule has 0 bridgehead atoms. The van der Waals surface area contributed by atoms with Crippen molar-refractivity contribution in [2.75, 3.05) is 20.3 Å². The maximum Gasteiger partial charge on any atom is 0.295 e. The molecule has 1 N–H and O–H groups in total. The number of amides is 1. The second-order valence-electron chi connectivity index (χ2n) is 5.91. The number of aliphatic hydroxyl groups is 1. The van der Waals surface area contributed by atoms with Gasteiger partial charge in [0.1, 0.15) is 5.76 Å². The molecule has 0 aliphatic carbocycles. The zero-order valence-electron chi connectivity index (χ0n) is 14.2. The van der Waals surface area contributed by atoms with Crippen molar-refractivity contribution < 1.29 is 19.4 Å². The third-order valence-corrected chi connectivity index (χ3v) is 4.78. The van der Waals surface area contributed by atoms with Crippen LogP contribution in [0.15, 0.2) is 64.6 Å². The number of rotatable bonds is 5. The van der Waals surface area contributed by atoms with Crippen molar-refractivity contribution in [2.24, 2.45) is 0 Å². The van der Waals surface area contributed by atoms with Crippen LogP contribution in [-0.4, -0.2) is 42.0 Å². The molecule has 1 amide bonds. The predicted octanol–water partition coefficient (Wildman–Crippen LogP) is 3.52. The van der Waals surface area contributed by atoms with E-state index >= 15 is 0 Å². The van der Waals surface area contributed by atoms with Gasteiger partial charge in [0.15, 0.2) is 0 Å². The fourth-order valence-corrected chi connectivity index (χ4v) is 3.49. The Bertz CT molecular complexity index is 863. The van der Waals surface area contributed by atoms with Gasteiger partial charge in [-0.15, -0.1) is 0 Å². The lowest BCUT2D eigenvalue weighted by atomic mass is 9.95. The summed E-state index contributed by atoms with van der Waals surface area (Å²) in [6.45, 7) is 0.548. The Morgan fingerprint density at radius 3 is 2.54 bits per heavy atom. The van der Waals surface area contributed by atoms with Crippen molar-refractivity contribution >= 4 is 33.4 Å². The molecule has 0 saturated carbocycles. The SMILES string of the molecule is COCCN1C(=O)C(=O)C(=C(O)c2ccccc2)[C@H]1c1cccc(Br)c1. The average Bonchev–Trinajstić information content (AvgIpc) is 2.91. The molecule has 0 aromatic heterocycles. The van der Waals surface area contributed by atoms with Crippen LogP contribution >= 0.6 is 15.9 Å². The number of halogens is 1. The van der Waals surface area contributed by atoms with Gasteiger partial charge in [0.25, 0.3) is 11.7 Å². The van der Waals surface area contributed by atoms with Gasteiger partial charge in [0.05, 0.1) is 18.2 Å². The van der Waals surface area contributed by atoms with E-state index in [1.54, 1.807) is 24.3 Å². The first kappa shape index (κ1) is 18.4. The standard InChI is InChI=1S/C20H18BrNO4/c1-26-11-10-22-17(14-8-5-9-15(21)12-14)16(19(24)20(22)25)18(23)13-6-3-2-4-7-13/h2-9,12,17,23H,10-11H2,1H3/t17-/m1/s1. The maximum atomic E-state index is 12.7. The highest BCUT2D eigenvalue weighted by atomic mass is 79.9. The Labute approximate surface area is 160 Å². The molecule has 0 radical (unpaired) electrons. The molecule has 1 aliphatic heterocycles. The molecule has 1 fully saturated rings. The zero-order chi connectivity index (χ0) is 18.7. The van der Waals surface area contributed by atoms with Crippen molar-refractivity contribution in [3.05, 3.63) is 75.8 Å².